The summed E-state index contributed by atoms with van der Waals surface area (Å²) < 4.78 is 5.74. The zero-order valence-corrected chi connectivity index (χ0v) is 12.9. The SMILES string of the molecule is CCCNC(c1cccc2ccccc12)C(C)(C)OC. The summed E-state index contributed by atoms with van der Waals surface area (Å²) in [7, 11) is 1.78. The van der Waals surface area contributed by atoms with Crippen LogP contribution in [0.3, 0.4) is 0 Å². The van der Waals surface area contributed by atoms with Crippen LogP contribution >= 0.6 is 0 Å². The molecule has 1 unspecified atom stereocenters. The predicted molar refractivity (Wildman–Crippen MR) is 86.1 cm³/mol. The maximum Gasteiger partial charge on any atom is 0.0816 e. The molecule has 0 bridgehead atoms. The van der Waals surface area contributed by atoms with Crippen molar-refractivity contribution >= 4 is 10.8 Å². The van der Waals surface area contributed by atoms with Crippen LogP contribution in [-0.2, 0) is 4.74 Å². The van der Waals surface area contributed by atoms with Gasteiger partial charge in [-0.1, -0.05) is 49.4 Å². The van der Waals surface area contributed by atoms with Gasteiger partial charge in [0.15, 0.2) is 0 Å². The molecule has 0 aliphatic heterocycles. The predicted octanol–water partition coefficient (Wildman–Crippen LogP) is 4.31. The second kappa shape index (κ2) is 6.38. The van der Waals surface area contributed by atoms with E-state index in [9.17, 15) is 0 Å². The highest BCUT2D eigenvalue weighted by Crippen LogP contribution is 2.33. The Kier molecular flexibility index (Phi) is 4.79. The van der Waals surface area contributed by atoms with Crippen LogP contribution in [0.5, 0.6) is 0 Å². The lowest BCUT2D eigenvalue weighted by molar-refractivity contribution is -0.0106. The molecule has 20 heavy (non-hydrogen) atoms. The van der Waals surface area contributed by atoms with Gasteiger partial charge in [0.25, 0.3) is 0 Å². The molecule has 0 aliphatic carbocycles. The number of hydrogen-bond donors (Lipinski definition) is 1. The van der Waals surface area contributed by atoms with Crippen LogP contribution in [0.4, 0.5) is 0 Å². The van der Waals surface area contributed by atoms with Crippen LogP contribution in [0.2, 0.25) is 0 Å². The zero-order chi connectivity index (χ0) is 14.6. The number of rotatable bonds is 6. The minimum Gasteiger partial charge on any atom is -0.377 e. The third-order valence-electron chi connectivity index (χ3n) is 3.95. The topological polar surface area (TPSA) is 21.3 Å². The normalized spacial score (nSPS) is 13.6. The highest BCUT2D eigenvalue weighted by atomic mass is 16.5. The first-order valence-corrected chi connectivity index (χ1v) is 7.36. The molecule has 2 heteroatoms. The van der Waals surface area contributed by atoms with E-state index < -0.39 is 0 Å². The highest BCUT2D eigenvalue weighted by Gasteiger charge is 2.31. The molecular formula is C18H25NO. The Bertz CT molecular complexity index is 557. The fraction of sp³-hybridized carbons (Fsp3) is 0.444. The molecule has 0 radical (unpaired) electrons. The van der Waals surface area contributed by atoms with Gasteiger partial charge >= 0.3 is 0 Å². The summed E-state index contributed by atoms with van der Waals surface area (Å²) in [5.41, 5.74) is 1.06. The van der Waals surface area contributed by atoms with Crippen LogP contribution in [0.15, 0.2) is 42.5 Å². The van der Waals surface area contributed by atoms with E-state index in [-0.39, 0.29) is 11.6 Å². The van der Waals surface area contributed by atoms with Gasteiger partial charge in [-0.05, 0) is 43.1 Å². The fourth-order valence-corrected chi connectivity index (χ4v) is 2.64. The number of hydrogen-bond acceptors (Lipinski definition) is 2. The quantitative estimate of drug-likeness (QED) is 0.845. The maximum absolute atomic E-state index is 5.74. The van der Waals surface area contributed by atoms with E-state index in [0.717, 1.165) is 13.0 Å². The van der Waals surface area contributed by atoms with E-state index in [1.165, 1.54) is 16.3 Å². The highest BCUT2D eigenvalue weighted by molar-refractivity contribution is 5.86. The summed E-state index contributed by atoms with van der Waals surface area (Å²) in [5.74, 6) is 0. The maximum atomic E-state index is 5.74. The average Bonchev–Trinajstić information content (AvgIpc) is 2.47. The van der Waals surface area contributed by atoms with Gasteiger partial charge in [-0.25, -0.2) is 0 Å². The number of methoxy groups -OCH3 is 1. The van der Waals surface area contributed by atoms with E-state index in [1.54, 1.807) is 7.11 Å². The Morgan fingerprint density at radius 1 is 1.10 bits per heavy atom. The van der Waals surface area contributed by atoms with Crippen LogP contribution in [-0.4, -0.2) is 19.3 Å². The van der Waals surface area contributed by atoms with Crippen LogP contribution in [0.1, 0.15) is 38.8 Å². The lowest BCUT2D eigenvalue weighted by Gasteiger charge is -2.35. The summed E-state index contributed by atoms with van der Waals surface area (Å²) >= 11 is 0. The molecule has 0 amide bonds. The van der Waals surface area contributed by atoms with Crippen molar-refractivity contribution in [2.24, 2.45) is 0 Å². The minimum absolute atomic E-state index is 0.179. The van der Waals surface area contributed by atoms with E-state index >= 15 is 0 Å². The molecule has 108 valence electrons. The molecule has 0 aromatic heterocycles. The minimum atomic E-state index is -0.251. The van der Waals surface area contributed by atoms with Gasteiger partial charge in [-0.3, -0.25) is 0 Å². The molecule has 0 heterocycles. The van der Waals surface area contributed by atoms with Crippen molar-refractivity contribution in [3.05, 3.63) is 48.0 Å². The van der Waals surface area contributed by atoms with E-state index in [1.807, 2.05) is 0 Å². The van der Waals surface area contributed by atoms with Gasteiger partial charge in [-0.15, -0.1) is 0 Å². The van der Waals surface area contributed by atoms with Gasteiger partial charge in [0.2, 0.25) is 0 Å². The summed E-state index contributed by atoms with van der Waals surface area (Å²) in [6, 6.07) is 15.2. The lowest BCUT2D eigenvalue weighted by atomic mass is 9.88. The zero-order valence-electron chi connectivity index (χ0n) is 12.9. The van der Waals surface area contributed by atoms with E-state index in [0.29, 0.717) is 0 Å². The molecule has 2 nitrogen and oxygen atoms in total. The summed E-state index contributed by atoms with van der Waals surface area (Å²) in [5, 5.41) is 6.22. The van der Waals surface area contributed by atoms with Crippen molar-refractivity contribution in [3.63, 3.8) is 0 Å². The molecule has 1 N–H and O–H groups in total. The van der Waals surface area contributed by atoms with Crippen molar-refractivity contribution in [1.82, 2.24) is 5.32 Å². The molecule has 2 aromatic carbocycles. The summed E-state index contributed by atoms with van der Waals surface area (Å²) in [6.45, 7) is 7.46. The van der Waals surface area contributed by atoms with Gasteiger partial charge in [-0.2, -0.15) is 0 Å². The Labute approximate surface area is 122 Å². The van der Waals surface area contributed by atoms with E-state index in [4.69, 9.17) is 4.74 Å². The van der Waals surface area contributed by atoms with Crippen molar-refractivity contribution in [2.45, 2.75) is 38.8 Å². The summed E-state index contributed by atoms with van der Waals surface area (Å²) in [6.07, 6.45) is 1.11. The van der Waals surface area contributed by atoms with Crippen molar-refractivity contribution in [1.29, 1.82) is 0 Å². The van der Waals surface area contributed by atoms with Gasteiger partial charge in [0, 0.05) is 7.11 Å². The fourth-order valence-electron chi connectivity index (χ4n) is 2.64. The monoisotopic (exact) mass is 271 g/mol. The Morgan fingerprint density at radius 2 is 1.80 bits per heavy atom. The van der Waals surface area contributed by atoms with Gasteiger partial charge in [0.05, 0.1) is 11.6 Å². The number of benzene rings is 2. The smallest absolute Gasteiger partial charge is 0.0816 e. The van der Waals surface area contributed by atoms with Gasteiger partial charge < -0.3 is 10.1 Å². The average molecular weight is 271 g/mol. The first kappa shape index (κ1) is 15.0. The number of ether oxygens (including phenoxy) is 1. The van der Waals surface area contributed by atoms with Crippen LogP contribution in [0.25, 0.3) is 10.8 Å². The van der Waals surface area contributed by atoms with Gasteiger partial charge in [0.1, 0.15) is 0 Å². The first-order chi connectivity index (χ1) is 9.60. The number of nitrogens with one attached hydrogen (secondary N) is 1. The first-order valence-electron chi connectivity index (χ1n) is 7.36. The molecule has 0 spiro atoms. The molecule has 0 fully saturated rings. The van der Waals surface area contributed by atoms with Crippen molar-refractivity contribution in [2.75, 3.05) is 13.7 Å². The molecular weight excluding hydrogens is 246 g/mol. The van der Waals surface area contributed by atoms with Crippen molar-refractivity contribution in [3.8, 4) is 0 Å². The Morgan fingerprint density at radius 3 is 2.50 bits per heavy atom. The number of fused-ring (bicyclic) bond motifs is 1. The molecule has 1 atom stereocenters. The van der Waals surface area contributed by atoms with E-state index in [2.05, 4.69) is 68.6 Å². The molecule has 2 rings (SSSR count). The Hall–Kier alpha value is -1.38. The lowest BCUT2D eigenvalue weighted by Crippen LogP contribution is -2.41. The van der Waals surface area contributed by atoms with Crippen LogP contribution in [0, 0.1) is 0 Å². The third-order valence-corrected chi connectivity index (χ3v) is 3.95. The second-order valence-corrected chi connectivity index (χ2v) is 5.76. The third kappa shape index (κ3) is 3.02. The molecule has 0 saturated carbocycles. The largest absolute Gasteiger partial charge is 0.377 e. The standard InChI is InChI=1S/C18H25NO/c1-5-13-19-17(18(2,3)20-4)16-12-8-10-14-9-6-7-11-15(14)16/h6-12,17,19H,5,13H2,1-4H3. The molecule has 2 aromatic rings. The van der Waals surface area contributed by atoms with Crippen molar-refractivity contribution < 1.29 is 4.74 Å². The second-order valence-electron chi connectivity index (χ2n) is 5.76. The summed E-state index contributed by atoms with van der Waals surface area (Å²) in [4.78, 5) is 0. The molecule has 0 aliphatic rings. The molecule has 0 saturated heterocycles. The Balaban J connectivity index is 2.50. The van der Waals surface area contributed by atoms with Crippen LogP contribution < -0.4 is 5.32 Å².